The molecular formula is C23H25ClN2O4. The van der Waals surface area contributed by atoms with Gasteiger partial charge in [-0.2, -0.15) is 0 Å². The highest BCUT2D eigenvalue weighted by Gasteiger charge is 2.24. The monoisotopic (exact) mass is 428 g/mol. The molecule has 1 atom stereocenters. The number of fused-ring (bicyclic) bond motifs is 1. The third kappa shape index (κ3) is 5.13. The van der Waals surface area contributed by atoms with E-state index in [4.69, 9.17) is 21.1 Å². The summed E-state index contributed by atoms with van der Waals surface area (Å²) in [5.74, 6) is -0.332. The third-order valence-electron chi connectivity index (χ3n) is 4.79. The molecule has 1 amide bonds. The van der Waals surface area contributed by atoms with Crippen LogP contribution in [0.3, 0.4) is 0 Å². The number of amides is 1. The summed E-state index contributed by atoms with van der Waals surface area (Å²) in [5.41, 5.74) is 3.64. The fourth-order valence-corrected chi connectivity index (χ4v) is 3.44. The number of esters is 1. The summed E-state index contributed by atoms with van der Waals surface area (Å²) in [7, 11) is 0. The molecule has 3 rings (SSSR count). The van der Waals surface area contributed by atoms with Gasteiger partial charge in [-0.25, -0.2) is 4.79 Å². The molecule has 1 heterocycles. The van der Waals surface area contributed by atoms with Gasteiger partial charge in [-0.3, -0.25) is 4.79 Å². The SMILES string of the molecule is CCOC(=O)[C@@H](Cc1c[nH]c2ccccc12)NC(=O)COc1cc(C)c(Cl)c(C)c1. The summed E-state index contributed by atoms with van der Waals surface area (Å²) in [6.07, 6.45) is 2.16. The van der Waals surface area contributed by atoms with Crippen LogP contribution in [0.5, 0.6) is 5.75 Å². The topological polar surface area (TPSA) is 80.4 Å². The molecule has 0 fully saturated rings. The van der Waals surface area contributed by atoms with Gasteiger partial charge in [0.15, 0.2) is 6.61 Å². The molecule has 158 valence electrons. The van der Waals surface area contributed by atoms with E-state index in [0.29, 0.717) is 17.2 Å². The molecule has 0 saturated carbocycles. The first kappa shape index (κ1) is 21.7. The van der Waals surface area contributed by atoms with Crippen LogP contribution in [-0.2, 0) is 20.7 Å². The maximum Gasteiger partial charge on any atom is 0.328 e. The molecule has 3 aromatic rings. The number of hydrogen-bond donors (Lipinski definition) is 2. The minimum atomic E-state index is -0.811. The Hall–Kier alpha value is -2.99. The van der Waals surface area contributed by atoms with Crippen molar-refractivity contribution in [2.45, 2.75) is 33.2 Å². The zero-order valence-electron chi connectivity index (χ0n) is 17.3. The Balaban J connectivity index is 1.68. The van der Waals surface area contributed by atoms with Gasteiger partial charge in [0.05, 0.1) is 6.61 Å². The van der Waals surface area contributed by atoms with E-state index in [1.165, 1.54) is 0 Å². The summed E-state index contributed by atoms with van der Waals surface area (Å²) in [6, 6.07) is 10.5. The number of ether oxygens (including phenoxy) is 2. The van der Waals surface area contributed by atoms with Gasteiger partial charge in [0, 0.05) is 28.5 Å². The Morgan fingerprint density at radius 2 is 1.87 bits per heavy atom. The quantitative estimate of drug-likeness (QED) is 0.529. The van der Waals surface area contributed by atoms with Gasteiger partial charge in [0.25, 0.3) is 5.91 Å². The van der Waals surface area contributed by atoms with Gasteiger partial charge in [-0.15, -0.1) is 0 Å². The molecule has 0 radical (unpaired) electrons. The molecule has 1 aromatic heterocycles. The summed E-state index contributed by atoms with van der Waals surface area (Å²) < 4.78 is 10.8. The van der Waals surface area contributed by atoms with E-state index in [2.05, 4.69) is 10.3 Å². The molecular weight excluding hydrogens is 404 g/mol. The van der Waals surface area contributed by atoms with Crippen LogP contribution in [0.1, 0.15) is 23.6 Å². The second kappa shape index (κ2) is 9.67. The Kier molecular flexibility index (Phi) is 7.00. The maximum absolute atomic E-state index is 12.5. The summed E-state index contributed by atoms with van der Waals surface area (Å²) in [6.45, 7) is 5.50. The van der Waals surface area contributed by atoms with Crippen LogP contribution in [0.15, 0.2) is 42.6 Å². The lowest BCUT2D eigenvalue weighted by molar-refractivity contribution is -0.147. The van der Waals surface area contributed by atoms with Crippen molar-refractivity contribution in [1.29, 1.82) is 0 Å². The third-order valence-corrected chi connectivity index (χ3v) is 5.38. The number of aromatic nitrogens is 1. The predicted octanol–water partition coefficient (Wildman–Crippen LogP) is 4.11. The van der Waals surface area contributed by atoms with Crippen LogP contribution in [0.4, 0.5) is 0 Å². The number of para-hydroxylation sites is 1. The van der Waals surface area contributed by atoms with E-state index in [1.807, 2.05) is 44.3 Å². The number of aryl methyl sites for hydroxylation is 2. The highest BCUT2D eigenvalue weighted by Crippen LogP contribution is 2.25. The first-order valence-corrected chi connectivity index (χ1v) is 10.2. The van der Waals surface area contributed by atoms with Crippen molar-refractivity contribution in [2.75, 3.05) is 13.2 Å². The fraction of sp³-hybridized carbons (Fsp3) is 0.304. The molecule has 7 heteroatoms. The molecule has 2 N–H and O–H groups in total. The zero-order chi connectivity index (χ0) is 21.7. The zero-order valence-corrected chi connectivity index (χ0v) is 18.0. The first-order valence-electron chi connectivity index (χ1n) is 9.79. The standard InChI is InChI=1S/C23H25ClN2O4/c1-4-29-23(28)20(11-16-12-25-19-8-6-5-7-18(16)19)26-21(27)13-30-17-9-14(2)22(24)15(3)10-17/h5-10,12,20,25H,4,11,13H2,1-3H3,(H,26,27)/t20-/m1/s1. The first-order chi connectivity index (χ1) is 14.4. The maximum atomic E-state index is 12.5. The van der Waals surface area contributed by atoms with Crippen LogP contribution in [-0.4, -0.2) is 36.1 Å². The van der Waals surface area contributed by atoms with Crippen LogP contribution < -0.4 is 10.1 Å². The van der Waals surface area contributed by atoms with Crippen molar-refractivity contribution in [3.8, 4) is 5.75 Å². The summed E-state index contributed by atoms with van der Waals surface area (Å²) in [4.78, 5) is 28.1. The molecule has 0 spiro atoms. The smallest absolute Gasteiger partial charge is 0.328 e. The molecule has 0 aliphatic rings. The van der Waals surface area contributed by atoms with Crippen molar-refractivity contribution >= 4 is 34.4 Å². The Labute approximate surface area is 180 Å². The lowest BCUT2D eigenvalue weighted by Gasteiger charge is -2.17. The number of halogens is 1. The second-order valence-electron chi connectivity index (χ2n) is 7.10. The highest BCUT2D eigenvalue weighted by molar-refractivity contribution is 6.32. The highest BCUT2D eigenvalue weighted by atomic mass is 35.5. The van der Waals surface area contributed by atoms with Gasteiger partial charge in [0.1, 0.15) is 11.8 Å². The van der Waals surface area contributed by atoms with Crippen LogP contribution in [0, 0.1) is 13.8 Å². The summed E-state index contributed by atoms with van der Waals surface area (Å²) in [5, 5.41) is 4.42. The van der Waals surface area contributed by atoms with E-state index in [0.717, 1.165) is 27.6 Å². The second-order valence-corrected chi connectivity index (χ2v) is 7.47. The van der Waals surface area contributed by atoms with Crippen molar-refractivity contribution in [1.82, 2.24) is 10.3 Å². The van der Waals surface area contributed by atoms with E-state index >= 15 is 0 Å². The van der Waals surface area contributed by atoms with Crippen molar-refractivity contribution in [3.63, 3.8) is 0 Å². The van der Waals surface area contributed by atoms with Crippen LogP contribution in [0.2, 0.25) is 5.02 Å². The number of aromatic amines is 1. The van der Waals surface area contributed by atoms with E-state index < -0.39 is 17.9 Å². The number of H-pyrrole nitrogens is 1. The van der Waals surface area contributed by atoms with Crippen LogP contribution >= 0.6 is 11.6 Å². The molecule has 30 heavy (non-hydrogen) atoms. The van der Waals surface area contributed by atoms with E-state index in [-0.39, 0.29) is 13.2 Å². The Bertz CT molecular complexity index is 1040. The Morgan fingerprint density at radius 1 is 1.17 bits per heavy atom. The number of rotatable bonds is 8. The van der Waals surface area contributed by atoms with Gasteiger partial charge >= 0.3 is 5.97 Å². The number of nitrogens with one attached hydrogen (secondary N) is 2. The normalized spacial score (nSPS) is 11.9. The molecule has 0 saturated heterocycles. The molecule has 2 aromatic carbocycles. The minimum absolute atomic E-state index is 0.218. The van der Waals surface area contributed by atoms with Crippen molar-refractivity contribution in [3.05, 3.63) is 64.3 Å². The van der Waals surface area contributed by atoms with E-state index in [9.17, 15) is 9.59 Å². The van der Waals surface area contributed by atoms with Gasteiger partial charge < -0.3 is 19.8 Å². The van der Waals surface area contributed by atoms with Gasteiger partial charge in [-0.1, -0.05) is 29.8 Å². The predicted molar refractivity (Wildman–Crippen MR) is 117 cm³/mol. The number of carbonyl (C=O) groups is 2. The van der Waals surface area contributed by atoms with E-state index in [1.54, 1.807) is 19.1 Å². The van der Waals surface area contributed by atoms with Gasteiger partial charge in [-0.05, 0) is 55.7 Å². The largest absolute Gasteiger partial charge is 0.484 e. The van der Waals surface area contributed by atoms with Crippen LogP contribution in [0.25, 0.3) is 10.9 Å². The number of carbonyl (C=O) groups excluding carboxylic acids is 2. The molecule has 6 nitrogen and oxygen atoms in total. The average Bonchev–Trinajstić information content (AvgIpc) is 3.13. The molecule has 0 aliphatic carbocycles. The Morgan fingerprint density at radius 3 is 2.57 bits per heavy atom. The van der Waals surface area contributed by atoms with Gasteiger partial charge in [0.2, 0.25) is 0 Å². The van der Waals surface area contributed by atoms with Crippen molar-refractivity contribution < 1.29 is 19.1 Å². The number of hydrogen-bond acceptors (Lipinski definition) is 4. The average molecular weight is 429 g/mol. The molecule has 0 aliphatic heterocycles. The number of benzene rings is 2. The minimum Gasteiger partial charge on any atom is -0.484 e. The molecule has 0 unspecified atom stereocenters. The lowest BCUT2D eigenvalue weighted by atomic mass is 10.0. The molecule has 0 bridgehead atoms. The van der Waals surface area contributed by atoms with Crippen molar-refractivity contribution in [2.24, 2.45) is 0 Å². The fourth-order valence-electron chi connectivity index (χ4n) is 3.33. The lowest BCUT2D eigenvalue weighted by Crippen LogP contribution is -2.45. The summed E-state index contributed by atoms with van der Waals surface area (Å²) >= 11 is 6.17.